The van der Waals surface area contributed by atoms with Crippen molar-refractivity contribution in [3.8, 4) is 0 Å². The number of hydrogen-bond acceptors (Lipinski definition) is 1. The van der Waals surface area contributed by atoms with E-state index in [2.05, 4.69) is 88.0 Å². The zero-order chi connectivity index (χ0) is 21.7. The topological polar surface area (TPSA) is 9.23 Å². The fourth-order valence-electron chi connectivity index (χ4n) is 5.10. The van der Waals surface area contributed by atoms with E-state index in [1.165, 1.54) is 63.5 Å². The molecule has 0 saturated heterocycles. The molecule has 0 bridgehead atoms. The number of hydrogen-bond donors (Lipinski definition) is 0. The molecule has 0 aromatic heterocycles. The molecule has 0 aliphatic heterocycles. The second-order valence-corrected chi connectivity index (χ2v) is 21.3. The van der Waals surface area contributed by atoms with Crippen LogP contribution < -0.4 is 10.4 Å². The molecule has 0 saturated carbocycles. The van der Waals surface area contributed by atoms with Crippen LogP contribution in [0.3, 0.4) is 0 Å². The average Bonchev–Trinajstić information content (AvgIpc) is 2.80. The van der Waals surface area contributed by atoms with Gasteiger partial charge in [-0.1, -0.05) is 143 Å². The molecular formula is C27H44OSi2. The minimum atomic E-state index is -2.01. The SMILES string of the molecule is CCCCCC[Si](CCCCCC)(OCC)[Si](C)(c1ccccc1)c1ccccc1. The van der Waals surface area contributed by atoms with E-state index >= 15 is 0 Å². The molecule has 2 aromatic carbocycles. The standard InChI is InChI=1S/C27H44OSi2/c1-5-8-10-18-24-30(28-7-3,25-19-11-9-6-2)29(4,26-20-14-12-15-21-26)27-22-16-13-17-23-27/h12-17,20-23H,5-11,18-19,24-25H2,1-4H3. The average molecular weight is 441 g/mol. The fourth-order valence-corrected chi connectivity index (χ4v) is 21.7. The lowest BCUT2D eigenvalue weighted by molar-refractivity contribution is 0.329. The molecule has 0 spiro atoms. The summed E-state index contributed by atoms with van der Waals surface area (Å²) >= 11 is 0. The van der Waals surface area contributed by atoms with Gasteiger partial charge in [0.1, 0.15) is 7.59 Å². The summed E-state index contributed by atoms with van der Waals surface area (Å²) in [5.74, 6) is 0. The van der Waals surface area contributed by atoms with Crippen LogP contribution in [0.15, 0.2) is 60.7 Å². The Morgan fingerprint density at radius 3 is 1.40 bits per heavy atom. The Balaban J connectivity index is 2.54. The lowest BCUT2D eigenvalue weighted by atomic mass is 10.2. The van der Waals surface area contributed by atoms with Crippen LogP contribution in [-0.4, -0.2) is 22.0 Å². The highest BCUT2D eigenvalue weighted by Gasteiger charge is 2.54. The molecule has 166 valence electrons. The lowest BCUT2D eigenvalue weighted by Crippen LogP contribution is -2.76. The van der Waals surface area contributed by atoms with E-state index in [1.54, 1.807) is 10.4 Å². The lowest BCUT2D eigenvalue weighted by Gasteiger charge is -2.46. The Labute approximate surface area is 188 Å². The van der Waals surface area contributed by atoms with Crippen molar-refractivity contribution in [1.29, 1.82) is 0 Å². The van der Waals surface area contributed by atoms with Crippen LogP contribution in [0.4, 0.5) is 0 Å². The van der Waals surface area contributed by atoms with Gasteiger partial charge in [0.25, 0.3) is 0 Å². The minimum absolute atomic E-state index is 0.857. The molecule has 1 nitrogen and oxygen atoms in total. The molecule has 0 heterocycles. The third-order valence-corrected chi connectivity index (χ3v) is 24.0. The van der Waals surface area contributed by atoms with Gasteiger partial charge < -0.3 is 4.43 Å². The van der Waals surface area contributed by atoms with Gasteiger partial charge in [0.05, 0.1) is 0 Å². The molecule has 0 atom stereocenters. The van der Waals surface area contributed by atoms with Crippen LogP contribution in [0.2, 0.25) is 18.6 Å². The summed E-state index contributed by atoms with van der Waals surface area (Å²) in [6.45, 7) is 10.3. The van der Waals surface area contributed by atoms with Gasteiger partial charge in [-0.25, -0.2) is 0 Å². The molecular weight excluding hydrogens is 396 g/mol. The molecule has 0 radical (unpaired) electrons. The van der Waals surface area contributed by atoms with Crippen molar-refractivity contribution in [2.24, 2.45) is 0 Å². The first kappa shape index (κ1) is 25.1. The summed E-state index contributed by atoms with van der Waals surface area (Å²) in [6.07, 6.45) is 10.6. The van der Waals surface area contributed by atoms with Crippen molar-refractivity contribution in [3.63, 3.8) is 0 Å². The molecule has 0 fully saturated rings. The van der Waals surface area contributed by atoms with E-state index in [9.17, 15) is 0 Å². The summed E-state index contributed by atoms with van der Waals surface area (Å²) in [6, 6.07) is 25.5. The third kappa shape index (κ3) is 6.18. The van der Waals surface area contributed by atoms with Crippen molar-refractivity contribution in [1.82, 2.24) is 0 Å². The second kappa shape index (κ2) is 13.3. The summed E-state index contributed by atoms with van der Waals surface area (Å²) < 4.78 is 7.06. The van der Waals surface area contributed by atoms with Crippen LogP contribution in [0, 0.1) is 0 Å². The summed E-state index contributed by atoms with van der Waals surface area (Å²) in [4.78, 5) is 0. The van der Waals surface area contributed by atoms with Crippen LogP contribution in [0.5, 0.6) is 0 Å². The van der Waals surface area contributed by atoms with E-state index in [0.29, 0.717) is 0 Å². The Hall–Kier alpha value is -1.17. The quantitative estimate of drug-likeness (QED) is 0.212. The molecule has 0 unspecified atom stereocenters. The number of benzene rings is 2. The van der Waals surface area contributed by atoms with E-state index in [0.717, 1.165) is 6.61 Å². The van der Waals surface area contributed by atoms with Crippen LogP contribution in [0.1, 0.15) is 72.1 Å². The predicted octanol–water partition coefficient (Wildman–Crippen LogP) is 7.10. The maximum Gasteiger partial charge on any atom is 0.190 e. The third-order valence-electron chi connectivity index (χ3n) is 6.90. The highest BCUT2D eigenvalue weighted by Crippen LogP contribution is 2.33. The monoisotopic (exact) mass is 440 g/mol. The largest absolute Gasteiger partial charge is 0.419 e. The molecule has 2 rings (SSSR count). The Kier molecular flexibility index (Phi) is 11.1. The van der Waals surface area contributed by atoms with Crippen molar-refractivity contribution in [2.75, 3.05) is 6.61 Å². The van der Waals surface area contributed by atoms with E-state index in [4.69, 9.17) is 4.43 Å². The normalized spacial score (nSPS) is 12.3. The number of unbranched alkanes of at least 4 members (excludes halogenated alkanes) is 6. The summed E-state index contributed by atoms with van der Waals surface area (Å²) in [5.41, 5.74) is 0. The molecule has 0 amide bonds. The second-order valence-electron chi connectivity index (χ2n) is 8.91. The first-order chi connectivity index (χ1) is 14.6. The first-order valence-electron chi connectivity index (χ1n) is 12.4. The van der Waals surface area contributed by atoms with E-state index in [-0.39, 0.29) is 0 Å². The van der Waals surface area contributed by atoms with E-state index in [1.807, 2.05) is 0 Å². The molecule has 0 aliphatic carbocycles. The molecule has 0 N–H and O–H groups in total. The Morgan fingerprint density at radius 1 is 0.600 bits per heavy atom. The Bertz CT molecular complexity index is 635. The number of rotatable bonds is 15. The van der Waals surface area contributed by atoms with Gasteiger partial charge in [-0.3, -0.25) is 0 Å². The van der Waals surface area contributed by atoms with Gasteiger partial charge in [-0.05, 0) is 19.0 Å². The predicted molar refractivity (Wildman–Crippen MR) is 139 cm³/mol. The fraction of sp³-hybridized carbons (Fsp3) is 0.556. The van der Waals surface area contributed by atoms with Gasteiger partial charge in [0.15, 0.2) is 7.83 Å². The van der Waals surface area contributed by atoms with Crippen LogP contribution >= 0.6 is 0 Å². The zero-order valence-electron chi connectivity index (χ0n) is 20.0. The van der Waals surface area contributed by atoms with Crippen molar-refractivity contribution >= 4 is 25.8 Å². The van der Waals surface area contributed by atoms with Crippen molar-refractivity contribution < 1.29 is 4.43 Å². The van der Waals surface area contributed by atoms with E-state index < -0.39 is 15.4 Å². The molecule has 0 aliphatic rings. The molecule has 30 heavy (non-hydrogen) atoms. The molecule has 2 aromatic rings. The maximum absolute atomic E-state index is 7.06. The highest BCUT2D eigenvalue weighted by molar-refractivity contribution is 7.49. The Morgan fingerprint density at radius 2 is 1.03 bits per heavy atom. The first-order valence-corrected chi connectivity index (χ1v) is 18.2. The maximum atomic E-state index is 7.06. The van der Waals surface area contributed by atoms with Crippen molar-refractivity contribution in [2.45, 2.75) is 90.8 Å². The van der Waals surface area contributed by atoms with Crippen molar-refractivity contribution in [3.05, 3.63) is 60.7 Å². The minimum Gasteiger partial charge on any atom is -0.419 e. The summed E-state index contributed by atoms with van der Waals surface area (Å²) in [5, 5.41) is 3.14. The molecule has 3 heteroatoms. The van der Waals surface area contributed by atoms with Crippen LogP contribution in [-0.2, 0) is 4.43 Å². The van der Waals surface area contributed by atoms with Gasteiger partial charge in [0, 0.05) is 6.61 Å². The summed E-state index contributed by atoms with van der Waals surface area (Å²) in [7, 11) is -4.00. The van der Waals surface area contributed by atoms with Gasteiger partial charge in [0.2, 0.25) is 0 Å². The van der Waals surface area contributed by atoms with Gasteiger partial charge >= 0.3 is 0 Å². The zero-order valence-corrected chi connectivity index (χ0v) is 22.0. The van der Waals surface area contributed by atoms with Gasteiger partial charge in [-0.2, -0.15) is 0 Å². The smallest absolute Gasteiger partial charge is 0.190 e. The van der Waals surface area contributed by atoms with Crippen LogP contribution in [0.25, 0.3) is 0 Å². The highest BCUT2D eigenvalue weighted by atomic mass is 29.3. The van der Waals surface area contributed by atoms with Gasteiger partial charge in [-0.15, -0.1) is 0 Å².